The third-order valence-corrected chi connectivity index (χ3v) is 3.35. The summed E-state index contributed by atoms with van der Waals surface area (Å²) in [5, 5.41) is 0. The second kappa shape index (κ2) is 5.15. The largest absolute Gasteiger partial charge is 0.457 e. The molecule has 0 N–H and O–H groups in total. The molecule has 94 valence electrons. The number of ether oxygens (including phenoxy) is 1. The second-order valence-corrected chi connectivity index (χ2v) is 4.63. The van der Waals surface area contributed by atoms with Gasteiger partial charge in [-0.2, -0.15) is 0 Å². The fourth-order valence-corrected chi connectivity index (χ4v) is 2.39. The van der Waals surface area contributed by atoms with E-state index in [0.29, 0.717) is 0 Å². The highest BCUT2D eigenvalue weighted by Gasteiger charge is 2.15. The molecule has 0 unspecified atom stereocenters. The zero-order valence-corrected chi connectivity index (χ0v) is 10.8. The van der Waals surface area contributed by atoms with Gasteiger partial charge in [0.15, 0.2) is 0 Å². The Hall–Kier alpha value is -2.28. The van der Waals surface area contributed by atoms with Gasteiger partial charge in [0.25, 0.3) is 0 Å². The van der Waals surface area contributed by atoms with Gasteiger partial charge in [-0.15, -0.1) is 6.58 Å². The monoisotopic (exact) mass is 248 g/mol. The van der Waals surface area contributed by atoms with Gasteiger partial charge in [0.2, 0.25) is 0 Å². The normalized spacial score (nSPS) is 13.2. The number of para-hydroxylation sites is 1. The van der Waals surface area contributed by atoms with Gasteiger partial charge in [-0.05, 0) is 36.1 Å². The maximum Gasteiger partial charge on any atom is 0.131 e. The van der Waals surface area contributed by atoms with Crippen molar-refractivity contribution in [3.05, 3.63) is 84.0 Å². The molecular formula is C18H16O. The molecule has 0 saturated carbocycles. The summed E-state index contributed by atoms with van der Waals surface area (Å²) < 4.78 is 6.03. The molecule has 2 aromatic rings. The molecule has 0 spiro atoms. The molecule has 0 saturated heterocycles. The van der Waals surface area contributed by atoms with Crippen LogP contribution in [0.25, 0.3) is 5.76 Å². The first kappa shape index (κ1) is 11.8. The summed E-state index contributed by atoms with van der Waals surface area (Å²) >= 11 is 0. The first-order chi connectivity index (χ1) is 9.38. The van der Waals surface area contributed by atoms with Crippen LogP contribution in [0.1, 0.15) is 16.7 Å². The number of rotatable bonds is 3. The quantitative estimate of drug-likeness (QED) is 0.732. The Labute approximate surface area is 113 Å². The van der Waals surface area contributed by atoms with Crippen molar-refractivity contribution in [2.75, 3.05) is 0 Å². The van der Waals surface area contributed by atoms with E-state index in [1.165, 1.54) is 11.1 Å². The van der Waals surface area contributed by atoms with Crippen LogP contribution in [0.4, 0.5) is 0 Å². The molecule has 0 amide bonds. The number of benzene rings is 2. The summed E-state index contributed by atoms with van der Waals surface area (Å²) in [4.78, 5) is 0. The van der Waals surface area contributed by atoms with E-state index < -0.39 is 0 Å². The Kier molecular flexibility index (Phi) is 3.20. The summed E-state index contributed by atoms with van der Waals surface area (Å²) in [6, 6.07) is 16.5. The Morgan fingerprint density at radius 2 is 1.84 bits per heavy atom. The summed E-state index contributed by atoms with van der Waals surface area (Å²) in [6.45, 7) is 3.82. The van der Waals surface area contributed by atoms with Crippen molar-refractivity contribution in [2.45, 2.75) is 12.8 Å². The van der Waals surface area contributed by atoms with Crippen LogP contribution in [0.2, 0.25) is 0 Å². The van der Waals surface area contributed by atoms with E-state index in [9.17, 15) is 0 Å². The molecule has 0 bridgehead atoms. The zero-order chi connectivity index (χ0) is 13.1. The smallest absolute Gasteiger partial charge is 0.131 e. The van der Waals surface area contributed by atoms with E-state index in [0.717, 1.165) is 29.9 Å². The van der Waals surface area contributed by atoms with Gasteiger partial charge >= 0.3 is 0 Å². The van der Waals surface area contributed by atoms with E-state index in [1.807, 2.05) is 30.3 Å². The summed E-state index contributed by atoms with van der Waals surface area (Å²) in [6.07, 6.45) is 5.87. The zero-order valence-electron chi connectivity index (χ0n) is 10.8. The molecule has 19 heavy (non-hydrogen) atoms. The molecule has 0 radical (unpaired) electrons. The van der Waals surface area contributed by atoms with E-state index in [4.69, 9.17) is 4.74 Å². The van der Waals surface area contributed by atoms with Crippen molar-refractivity contribution in [1.29, 1.82) is 0 Å². The lowest BCUT2D eigenvalue weighted by Gasteiger charge is -2.19. The minimum absolute atomic E-state index is 0.860. The topological polar surface area (TPSA) is 9.23 Å². The summed E-state index contributed by atoms with van der Waals surface area (Å²) in [5.41, 5.74) is 3.66. The van der Waals surface area contributed by atoms with E-state index in [2.05, 4.69) is 36.9 Å². The number of fused-ring (bicyclic) bond motifs is 1. The summed E-state index contributed by atoms with van der Waals surface area (Å²) in [5.74, 6) is 1.92. The predicted octanol–water partition coefficient (Wildman–Crippen LogP) is 4.39. The maximum atomic E-state index is 6.03. The molecule has 1 aliphatic heterocycles. The lowest BCUT2D eigenvalue weighted by atomic mass is 9.99. The maximum absolute atomic E-state index is 6.03. The predicted molar refractivity (Wildman–Crippen MR) is 79.1 cm³/mol. The van der Waals surface area contributed by atoms with Gasteiger partial charge in [0.1, 0.15) is 11.5 Å². The van der Waals surface area contributed by atoms with Crippen molar-refractivity contribution in [3.8, 4) is 5.75 Å². The van der Waals surface area contributed by atoms with Crippen LogP contribution in [0.15, 0.2) is 67.3 Å². The number of hydrogen-bond donors (Lipinski definition) is 0. The first-order valence-corrected chi connectivity index (χ1v) is 6.53. The van der Waals surface area contributed by atoms with Gasteiger partial charge in [0, 0.05) is 5.56 Å². The lowest BCUT2D eigenvalue weighted by molar-refractivity contribution is 0.498. The molecule has 0 fully saturated rings. The average molecular weight is 248 g/mol. The van der Waals surface area contributed by atoms with Gasteiger partial charge in [-0.3, -0.25) is 0 Å². The highest BCUT2D eigenvalue weighted by Crippen LogP contribution is 2.31. The molecule has 1 heterocycles. The van der Waals surface area contributed by atoms with Crippen molar-refractivity contribution in [2.24, 2.45) is 0 Å². The molecule has 3 rings (SSSR count). The molecule has 1 heteroatoms. The van der Waals surface area contributed by atoms with Crippen molar-refractivity contribution < 1.29 is 4.74 Å². The highest BCUT2D eigenvalue weighted by molar-refractivity contribution is 5.68. The van der Waals surface area contributed by atoms with Crippen LogP contribution in [-0.4, -0.2) is 0 Å². The van der Waals surface area contributed by atoms with Gasteiger partial charge in [0.05, 0.1) is 0 Å². The van der Waals surface area contributed by atoms with Crippen LogP contribution in [-0.2, 0) is 12.8 Å². The van der Waals surface area contributed by atoms with E-state index >= 15 is 0 Å². The first-order valence-electron chi connectivity index (χ1n) is 6.53. The fraction of sp³-hybridized carbons (Fsp3) is 0.111. The standard InChI is InChI=1S/C18H16O/c1-2-7-14-8-3-5-10-16(14)18-13-12-15-9-4-6-11-17(15)19-18/h2-6,8-11,13H,1,7,12H2. The molecule has 1 aliphatic rings. The second-order valence-electron chi connectivity index (χ2n) is 4.63. The Morgan fingerprint density at radius 1 is 1.05 bits per heavy atom. The van der Waals surface area contributed by atoms with Crippen LogP contribution in [0, 0.1) is 0 Å². The molecule has 2 aromatic carbocycles. The number of allylic oxidation sites excluding steroid dienone is 2. The lowest BCUT2D eigenvalue weighted by Crippen LogP contribution is -2.05. The summed E-state index contributed by atoms with van der Waals surface area (Å²) in [7, 11) is 0. The highest BCUT2D eigenvalue weighted by atomic mass is 16.5. The van der Waals surface area contributed by atoms with E-state index in [1.54, 1.807) is 0 Å². The molecule has 1 nitrogen and oxygen atoms in total. The van der Waals surface area contributed by atoms with Gasteiger partial charge < -0.3 is 4.74 Å². The molecular weight excluding hydrogens is 232 g/mol. The average Bonchev–Trinajstić information content (AvgIpc) is 2.48. The minimum Gasteiger partial charge on any atom is -0.457 e. The molecule has 0 aromatic heterocycles. The fourth-order valence-electron chi connectivity index (χ4n) is 2.39. The Bertz CT molecular complexity index is 638. The van der Waals surface area contributed by atoms with E-state index in [-0.39, 0.29) is 0 Å². The third kappa shape index (κ3) is 2.32. The van der Waals surface area contributed by atoms with Crippen LogP contribution >= 0.6 is 0 Å². The molecule has 0 aliphatic carbocycles. The Morgan fingerprint density at radius 3 is 2.74 bits per heavy atom. The number of hydrogen-bond acceptors (Lipinski definition) is 1. The minimum atomic E-state index is 0.860. The SMILES string of the molecule is C=CCc1ccccc1C1=CCc2ccccc2O1. The third-order valence-electron chi connectivity index (χ3n) is 3.35. The van der Waals surface area contributed by atoms with Crippen molar-refractivity contribution in [3.63, 3.8) is 0 Å². The Balaban J connectivity index is 1.97. The van der Waals surface area contributed by atoms with Gasteiger partial charge in [-0.1, -0.05) is 48.5 Å². The van der Waals surface area contributed by atoms with Crippen LogP contribution in [0.5, 0.6) is 5.75 Å². The van der Waals surface area contributed by atoms with Gasteiger partial charge in [-0.25, -0.2) is 0 Å². The van der Waals surface area contributed by atoms with Crippen LogP contribution in [0.3, 0.4) is 0 Å². The molecule has 0 atom stereocenters. The van der Waals surface area contributed by atoms with Crippen molar-refractivity contribution >= 4 is 5.76 Å². The van der Waals surface area contributed by atoms with Crippen LogP contribution < -0.4 is 4.74 Å². The van der Waals surface area contributed by atoms with Crippen molar-refractivity contribution in [1.82, 2.24) is 0 Å².